The average Bonchev–Trinajstić information content (AvgIpc) is 3.20. The minimum atomic E-state index is -1.72. The van der Waals surface area contributed by atoms with Crippen LogP contribution < -0.4 is 14.4 Å². The molecular weight excluding hydrogens is 541 g/mol. The van der Waals surface area contributed by atoms with E-state index in [1.165, 1.54) is 36.4 Å². The first-order valence-electron chi connectivity index (χ1n) is 12.5. The number of amides is 2. The molecule has 3 aliphatic rings. The summed E-state index contributed by atoms with van der Waals surface area (Å²) in [6.45, 7) is 6.46. The number of aliphatic hydroxyl groups is 1. The molecule has 2 amide bonds. The molecule has 2 atom stereocenters. The molecular formula is C28H27NO10P+. The Labute approximate surface area is 231 Å². The highest BCUT2D eigenvalue weighted by molar-refractivity contribution is 7.25. The van der Waals surface area contributed by atoms with Crippen LogP contribution in [0.25, 0.3) is 11.1 Å². The number of fused-ring (bicyclic) bond motifs is 2. The zero-order valence-electron chi connectivity index (χ0n) is 22.2. The van der Waals surface area contributed by atoms with Crippen LogP contribution >= 0.6 is 8.46 Å². The van der Waals surface area contributed by atoms with Crippen molar-refractivity contribution < 1.29 is 47.8 Å². The van der Waals surface area contributed by atoms with E-state index in [9.17, 15) is 28.8 Å². The Morgan fingerprint density at radius 3 is 1.65 bits per heavy atom. The van der Waals surface area contributed by atoms with E-state index in [0.717, 1.165) is 4.90 Å². The monoisotopic (exact) mass is 568 g/mol. The third-order valence-electron chi connectivity index (χ3n) is 6.41. The maximum absolute atomic E-state index is 13.5. The second kappa shape index (κ2) is 11.4. The molecule has 4 rings (SSSR count). The number of carbonyl (C=O) groups excluding carboxylic acids is 4. The van der Waals surface area contributed by atoms with Gasteiger partial charge in [-0.3, -0.25) is 9.59 Å². The van der Waals surface area contributed by atoms with Gasteiger partial charge in [0.05, 0.1) is 24.3 Å². The summed E-state index contributed by atoms with van der Waals surface area (Å²) in [4.78, 5) is 52.8. The number of imide groups is 1. The summed E-state index contributed by atoms with van der Waals surface area (Å²) < 4.78 is 32.9. The van der Waals surface area contributed by atoms with Gasteiger partial charge in [-0.25, -0.2) is 14.5 Å². The molecule has 2 unspecified atom stereocenters. The molecule has 0 aromatic heterocycles. The van der Waals surface area contributed by atoms with Crippen LogP contribution in [0.2, 0.25) is 0 Å². The minimum absolute atomic E-state index is 0.0320. The van der Waals surface area contributed by atoms with E-state index in [2.05, 4.69) is 0 Å². The number of benzene rings is 1. The van der Waals surface area contributed by atoms with Gasteiger partial charge in [-0.05, 0) is 38.1 Å². The third-order valence-corrected chi connectivity index (χ3v) is 7.59. The van der Waals surface area contributed by atoms with Gasteiger partial charge in [0.25, 0.3) is 17.2 Å². The molecule has 1 aromatic carbocycles. The first kappa shape index (κ1) is 28.7. The normalized spacial score (nSPS) is 14.3. The quantitative estimate of drug-likeness (QED) is 0.210. The van der Waals surface area contributed by atoms with E-state index < -0.39 is 43.8 Å². The van der Waals surface area contributed by atoms with Crippen LogP contribution in [0.1, 0.15) is 54.0 Å². The second-order valence-electron chi connectivity index (χ2n) is 9.04. The molecule has 0 spiro atoms. The van der Waals surface area contributed by atoms with Gasteiger partial charge in [-0.2, -0.15) is 0 Å². The number of nitrogens with zero attached hydrogens (tertiary/aromatic N) is 1. The molecule has 1 N–H and O–H groups in total. The van der Waals surface area contributed by atoms with Gasteiger partial charge >= 0.3 is 20.8 Å². The lowest BCUT2D eigenvalue weighted by molar-refractivity contribution is 0.0798. The molecule has 12 heteroatoms. The molecule has 0 radical (unpaired) electrons. The van der Waals surface area contributed by atoms with Crippen molar-refractivity contribution in [2.45, 2.75) is 33.0 Å². The average molecular weight is 568 g/mol. The molecule has 0 saturated carbocycles. The molecule has 0 saturated heterocycles. The molecule has 1 aliphatic heterocycles. The van der Waals surface area contributed by atoms with Crippen LogP contribution in [0.3, 0.4) is 0 Å². The number of hydrogen-bond donors (Lipinski definition) is 1. The smallest absolute Gasteiger partial charge is 0.434 e. The van der Waals surface area contributed by atoms with E-state index >= 15 is 0 Å². The van der Waals surface area contributed by atoms with Crippen LogP contribution in [-0.2, 0) is 19.4 Å². The van der Waals surface area contributed by atoms with Crippen molar-refractivity contribution in [2.24, 2.45) is 5.92 Å². The number of anilines is 1. The van der Waals surface area contributed by atoms with E-state index in [4.69, 9.17) is 18.9 Å². The van der Waals surface area contributed by atoms with Gasteiger partial charge in [0, 0.05) is 22.6 Å². The van der Waals surface area contributed by atoms with Gasteiger partial charge in [0.2, 0.25) is 0 Å². The summed E-state index contributed by atoms with van der Waals surface area (Å²) in [7, 11) is -1.11. The van der Waals surface area contributed by atoms with E-state index in [1.54, 1.807) is 39.8 Å². The summed E-state index contributed by atoms with van der Waals surface area (Å²) in [6, 6.07) is 11.9. The van der Waals surface area contributed by atoms with Crippen LogP contribution in [0, 0.1) is 5.92 Å². The highest BCUT2D eigenvalue weighted by Gasteiger charge is 2.45. The molecule has 1 aromatic rings. The zero-order valence-corrected chi connectivity index (χ0v) is 23.2. The first-order valence-corrected chi connectivity index (χ1v) is 13.4. The molecule has 0 fully saturated rings. The second-order valence-corrected chi connectivity index (χ2v) is 10.0. The summed E-state index contributed by atoms with van der Waals surface area (Å²) in [5, 5.41) is 9.37. The molecule has 0 bridgehead atoms. The highest BCUT2D eigenvalue weighted by Crippen LogP contribution is 2.55. The van der Waals surface area contributed by atoms with Gasteiger partial charge in [-0.1, -0.05) is 42.7 Å². The van der Waals surface area contributed by atoms with Crippen molar-refractivity contribution in [1.82, 2.24) is 0 Å². The molecule has 11 nitrogen and oxygen atoms in total. The lowest BCUT2D eigenvalue weighted by atomic mass is 9.99. The lowest BCUT2D eigenvalue weighted by Crippen LogP contribution is -2.30. The zero-order chi connectivity index (χ0) is 29.2. The Kier molecular flexibility index (Phi) is 8.18. The van der Waals surface area contributed by atoms with Gasteiger partial charge in [-0.15, -0.1) is 0 Å². The minimum Gasteiger partial charge on any atom is -0.434 e. The Morgan fingerprint density at radius 2 is 1.27 bits per heavy atom. The van der Waals surface area contributed by atoms with E-state index in [-0.39, 0.29) is 58.2 Å². The Balaban J connectivity index is 2.04. The SMILES string of the molecule is CCOC(=O)Oc1c2ccc(C(O)([PH+]=O)C(C)C)ccc-2c(OC(=O)OCC)c1N1C(=O)c2ccccc2C1=O. The van der Waals surface area contributed by atoms with Crippen molar-refractivity contribution in [3.63, 3.8) is 0 Å². The van der Waals surface area contributed by atoms with Crippen molar-refractivity contribution >= 4 is 38.3 Å². The summed E-state index contributed by atoms with van der Waals surface area (Å²) in [5.41, 5.74) is 0.427. The maximum atomic E-state index is 13.5. The van der Waals surface area contributed by atoms with Crippen molar-refractivity contribution in [3.8, 4) is 22.6 Å². The topological polar surface area (TPSA) is 146 Å². The summed E-state index contributed by atoms with van der Waals surface area (Å²) in [6.07, 6.45) is -2.28. The van der Waals surface area contributed by atoms with Crippen LogP contribution in [0.5, 0.6) is 11.5 Å². The predicted molar refractivity (Wildman–Crippen MR) is 144 cm³/mol. The van der Waals surface area contributed by atoms with Crippen LogP contribution in [-0.4, -0.2) is 42.4 Å². The molecule has 40 heavy (non-hydrogen) atoms. The Bertz CT molecular complexity index is 1390. The predicted octanol–water partition coefficient (Wildman–Crippen LogP) is 5.49. The maximum Gasteiger partial charge on any atom is 0.513 e. The number of rotatable bonds is 8. The number of carbonyl (C=O) groups is 4. The first-order chi connectivity index (χ1) is 19.1. The van der Waals surface area contributed by atoms with Crippen molar-refractivity contribution in [3.05, 3.63) is 65.2 Å². The van der Waals surface area contributed by atoms with Crippen LogP contribution in [0.4, 0.5) is 15.3 Å². The number of ether oxygens (including phenoxy) is 4. The lowest BCUT2D eigenvalue weighted by Gasteiger charge is -2.18. The van der Waals surface area contributed by atoms with Gasteiger partial charge in [0.1, 0.15) is 5.69 Å². The van der Waals surface area contributed by atoms with E-state index in [1.807, 2.05) is 0 Å². The standard InChI is InChI=1S/C28H26NO10P/c1-5-36-26(32)38-22-17-13-11-16(28(34,40-35)15(3)4)12-14-18(17)23(39-27(33)37-6-2)21(22)29-24(30)19-9-7-8-10-20(19)25(29)31/h7-15,34H,5-6H2,1-4H3/p+1. The van der Waals surface area contributed by atoms with Crippen molar-refractivity contribution in [1.29, 1.82) is 0 Å². The summed E-state index contributed by atoms with van der Waals surface area (Å²) in [5.74, 6) is -2.51. The fourth-order valence-electron chi connectivity index (χ4n) is 4.36. The Hall–Kier alpha value is -4.34. The summed E-state index contributed by atoms with van der Waals surface area (Å²) >= 11 is 0. The molecule has 2 aliphatic carbocycles. The van der Waals surface area contributed by atoms with Crippen LogP contribution in [0.15, 0.2) is 48.5 Å². The van der Waals surface area contributed by atoms with Crippen molar-refractivity contribution in [2.75, 3.05) is 18.1 Å². The van der Waals surface area contributed by atoms with E-state index in [0.29, 0.717) is 0 Å². The molecule has 208 valence electrons. The largest absolute Gasteiger partial charge is 0.513 e. The highest BCUT2D eigenvalue weighted by atomic mass is 31.1. The van der Waals surface area contributed by atoms with Gasteiger partial charge in [0.15, 0.2) is 11.5 Å². The third kappa shape index (κ3) is 4.89. The Morgan fingerprint density at radius 1 is 0.825 bits per heavy atom. The fraction of sp³-hybridized carbons (Fsp3) is 0.286. The fourth-order valence-corrected chi connectivity index (χ4v) is 4.88. The molecule has 1 heterocycles. The van der Waals surface area contributed by atoms with Gasteiger partial charge < -0.3 is 24.1 Å². The number of hydrogen-bond acceptors (Lipinski definition) is 10.